The minimum Gasteiger partial charge on any atom is -0.394 e. The quantitative estimate of drug-likeness (QED) is 0.791. The van der Waals surface area contributed by atoms with Crippen molar-refractivity contribution in [3.63, 3.8) is 0 Å². The number of carbonyl (C=O) groups excluding carboxylic acids is 1. The Labute approximate surface area is 124 Å². The molecule has 1 aromatic carbocycles. The molecule has 112 valence electrons. The highest BCUT2D eigenvalue weighted by Crippen LogP contribution is 2.30. The van der Waals surface area contributed by atoms with E-state index in [0.29, 0.717) is 13.0 Å². The van der Waals surface area contributed by atoms with Crippen molar-refractivity contribution in [3.05, 3.63) is 35.5 Å². The first-order valence-corrected chi connectivity index (χ1v) is 7.36. The fourth-order valence-electron chi connectivity index (χ4n) is 3.00. The molecule has 1 aliphatic rings. The molecule has 3 N–H and O–H groups in total. The molecular weight excluding hydrogens is 266 g/mol. The van der Waals surface area contributed by atoms with Crippen LogP contribution in [0.1, 0.15) is 25.1 Å². The van der Waals surface area contributed by atoms with E-state index in [2.05, 4.69) is 16.4 Å². The third kappa shape index (κ3) is 2.49. The molecular formula is C16H21N3O2. The zero-order chi connectivity index (χ0) is 15.0. The number of carbonyl (C=O) groups is 1. The van der Waals surface area contributed by atoms with Gasteiger partial charge in [-0.25, -0.2) is 4.79 Å². The van der Waals surface area contributed by atoms with Gasteiger partial charge in [0.1, 0.15) is 0 Å². The Morgan fingerprint density at radius 1 is 1.48 bits per heavy atom. The van der Waals surface area contributed by atoms with E-state index in [0.717, 1.165) is 11.2 Å². The minimum atomic E-state index is -0.171. The Morgan fingerprint density at radius 3 is 2.95 bits per heavy atom. The number of aliphatic hydroxyl groups excluding tert-OH is 1. The average molecular weight is 287 g/mol. The molecule has 0 spiro atoms. The number of aromatic amines is 1. The van der Waals surface area contributed by atoms with Gasteiger partial charge in [-0.1, -0.05) is 18.2 Å². The Kier molecular flexibility index (Phi) is 3.59. The number of aliphatic hydroxyl groups is 1. The van der Waals surface area contributed by atoms with Crippen LogP contribution in [0.3, 0.4) is 0 Å². The number of urea groups is 1. The van der Waals surface area contributed by atoms with Crippen molar-refractivity contribution in [2.24, 2.45) is 0 Å². The van der Waals surface area contributed by atoms with Crippen molar-refractivity contribution in [3.8, 4) is 0 Å². The van der Waals surface area contributed by atoms with Crippen molar-refractivity contribution in [2.45, 2.75) is 38.9 Å². The Bertz CT molecular complexity index is 663. The van der Waals surface area contributed by atoms with Crippen LogP contribution in [0.25, 0.3) is 10.9 Å². The summed E-state index contributed by atoms with van der Waals surface area (Å²) in [6, 6.07) is 7.94. The maximum atomic E-state index is 12.3. The van der Waals surface area contributed by atoms with Gasteiger partial charge in [0.05, 0.1) is 19.2 Å². The molecule has 1 atom stereocenters. The van der Waals surface area contributed by atoms with E-state index in [1.165, 1.54) is 10.9 Å². The molecule has 0 aliphatic carbocycles. The second-order valence-corrected chi connectivity index (χ2v) is 5.90. The Hall–Kier alpha value is -2.01. The molecule has 5 heteroatoms. The molecule has 21 heavy (non-hydrogen) atoms. The summed E-state index contributed by atoms with van der Waals surface area (Å²) >= 11 is 0. The number of hydrogen-bond donors (Lipinski definition) is 3. The fraction of sp³-hybridized carbons (Fsp3) is 0.438. The van der Waals surface area contributed by atoms with Gasteiger partial charge in [-0.2, -0.15) is 0 Å². The molecule has 0 fully saturated rings. The molecule has 0 bridgehead atoms. The van der Waals surface area contributed by atoms with E-state index in [1.807, 2.05) is 32.0 Å². The van der Waals surface area contributed by atoms with Crippen molar-refractivity contribution in [1.29, 1.82) is 0 Å². The largest absolute Gasteiger partial charge is 0.394 e. The number of benzene rings is 1. The number of H-pyrrole nitrogens is 1. The predicted molar refractivity (Wildman–Crippen MR) is 82.1 cm³/mol. The fourth-order valence-corrected chi connectivity index (χ4v) is 3.00. The molecule has 0 saturated heterocycles. The van der Waals surface area contributed by atoms with E-state index in [9.17, 15) is 9.90 Å². The summed E-state index contributed by atoms with van der Waals surface area (Å²) in [4.78, 5) is 17.4. The van der Waals surface area contributed by atoms with E-state index < -0.39 is 0 Å². The number of para-hydroxylation sites is 1. The first kappa shape index (κ1) is 13.9. The third-order valence-electron chi connectivity index (χ3n) is 3.99. The summed E-state index contributed by atoms with van der Waals surface area (Å²) < 4.78 is 0. The number of aromatic nitrogens is 1. The van der Waals surface area contributed by atoms with Crippen LogP contribution in [-0.2, 0) is 13.0 Å². The van der Waals surface area contributed by atoms with Crippen LogP contribution in [-0.4, -0.2) is 39.7 Å². The van der Waals surface area contributed by atoms with Gasteiger partial charge in [0.15, 0.2) is 0 Å². The summed E-state index contributed by atoms with van der Waals surface area (Å²) in [5.41, 5.74) is 3.38. The molecule has 2 aromatic rings. The van der Waals surface area contributed by atoms with Gasteiger partial charge in [-0.3, -0.25) is 0 Å². The van der Waals surface area contributed by atoms with Gasteiger partial charge in [-0.05, 0) is 31.9 Å². The van der Waals surface area contributed by atoms with Crippen LogP contribution >= 0.6 is 0 Å². The topological polar surface area (TPSA) is 68.4 Å². The zero-order valence-electron chi connectivity index (χ0n) is 12.4. The highest BCUT2D eigenvalue weighted by Gasteiger charge is 2.31. The maximum absolute atomic E-state index is 12.3. The zero-order valence-corrected chi connectivity index (χ0v) is 12.4. The monoisotopic (exact) mass is 287 g/mol. The minimum absolute atomic E-state index is 0.0234. The van der Waals surface area contributed by atoms with Crippen LogP contribution in [0.2, 0.25) is 0 Å². The lowest BCUT2D eigenvalue weighted by Crippen LogP contribution is -2.51. The normalized spacial score (nSPS) is 18.1. The third-order valence-corrected chi connectivity index (χ3v) is 3.99. The van der Waals surface area contributed by atoms with Gasteiger partial charge in [0.25, 0.3) is 0 Å². The Morgan fingerprint density at radius 2 is 2.24 bits per heavy atom. The number of hydrogen-bond acceptors (Lipinski definition) is 2. The van der Waals surface area contributed by atoms with Crippen molar-refractivity contribution in [2.75, 3.05) is 6.61 Å². The molecule has 2 amide bonds. The van der Waals surface area contributed by atoms with Crippen molar-refractivity contribution in [1.82, 2.24) is 15.2 Å². The number of nitrogens with one attached hydrogen (secondary N) is 2. The van der Waals surface area contributed by atoms with Crippen molar-refractivity contribution < 1.29 is 9.90 Å². The van der Waals surface area contributed by atoms with E-state index in [-0.39, 0.29) is 24.7 Å². The van der Waals surface area contributed by atoms with E-state index in [4.69, 9.17) is 0 Å². The second-order valence-electron chi connectivity index (χ2n) is 5.90. The lowest BCUT2D eigenvalue weighted by molar-refractivity contribution is 0.119. The van der Waals surface area contributed by atoms with Crippen LogP contribution in [0.5, 0.6) is 0 Å². The van der Waals surface area contributed by atoms with E-state index in [1.54, 1.807) is 4.90 Å². The second kappa shape index (κ2) is 5.41. The van der Waals surface area contributed by atoms with Crippen LogP contribution in [0, 0.1) is 0 Å². The first-order chi connectivity index (χ1) is 10.1. The summed E-state index contributed by atoms with van der Waals surface area (Å²) in [6.07, 6.45) is 0.682. The van der Waals surface area contributed by atoms with Gasteiger partial charge < -0.3 is 20.3 Å². The Balaban J connectivity index is 1.94. The van der Waals surface area contributed by atoms with Crippen LogP contribution in [0.15, 0.2) is 24.3 Å². The smallest absolute Gasteiger partial charge is 0.318 e. The predicted octanol–water partition coefficient (Wildman–Crippen LogP) is 2.00. The standard InChI is InChI=1S/C16H21N3O2/c1-10(2)17-16(21)19-8-15-13(7-11(19)9-20)12-5-3-4-6-14(12)18-15/h3-6,10-11,18,20H,7-9H2,1-2H3,(H,17,21). The molecule has 2 heterocycles. The van der Waals surface area contributed by atoms with Crippen LogP contribution in [0.4, 0.5) is 4.79 Å². The molecule has 5 nitrogen and oxygen atoms in total. The van der Waals surface area contributed by atoms with Crippen LogP contribution < -0.4 is 5.32 Å². The van der Waals surface area contributed by atoms with E-state index >= 15 is 0 Å². The molecule has 1 aliphatic heterocycles. The molecule has 3 rings (SSSR count). The van der Waals surface area contributed by atoms with Gasteiger partial charge in [0.2, 0.25) is 0 Å². The van der Waals surface area contributed by atoms with Gasteiger partial charge in [-0.15, -0.1) is 0 Å². The summed E-state index contributed by atoms with van der Waals surface area (Å²) in [7, 11) is 0. The SMILES string of the molecule is CC(C)NC(=O)N1Cc2[nH]c3ccccc3c2CC1CO. The van der Waals surface area contributed by atoms with Crippen molar-refractivity contribution >= 4 is 16.9 Å². The lowest BCUT2D eigenvalue weighted by Gasteiger charge is -2.35. The number of rotatable bonds is 2. The highest BCUT2D eigenvalue weighted by atomic mass is 16.3. The highest BCUT2D eigenvalue weighted by molar-refractivity contribution is 5.85. The van der Waals surface area contributed by atoms with Gasteiger partial charge in [0, 0.05) is 22.6 Å². The summed E-state index contributed by atoms with van der Waals surface area (Å²) in [6.45, 7) is 4.35. The summed E-state index contributed by atoms with van der Waals surface area (Å²) in [5.74, 6) is 0. The molecule has 0 radical (unpaired) electrons. The number of amides is 2. The molecule has 1 unspecified atom stereocenters. The lowest BCUT2D eigenvalue weighted by atomic mass is 9.97. The summed E-state index contributed by atoms with van der Waals surface area (Å²) in [5, 5.41) is 13.7. The van der Waals surface area contributed by atoms with Gasteiger partial charge >= 0.3 is 6.03 Å². The number of fused-ring (bicyclic) bond motifs is 3. The maximum Gasteiger partial charge on any atom is 0.318 e. The molecule has 0 saturated carbocycles. The average Bonchev–Trinajstić information content (AvgIpc) is 2.82. The number of nitrogens with zero attached hydrogens (tertiary/aromatic N) is 1. The molecule has 1 aromatic heterocycles. The first-order valence-electron chi connectivity index (χ1n) is 7.36.